The maximum atomic E-state index is 13.2. The third-order valence-corrected chi connectivity index (χ3v) is 7.95. The molecule has 29 heavy (non-hydrogen) atoms. The number of hydrogen-bond acceptors (Lipinski definition) is 5. The summed E-state index contributed by atoms with van der Waals surface area (Å²) in [4.78, 5) is 22.2. The molecule has 3 fully saturated rings. The minimum Gasteiger partial charge on any atom is -0.376 e. The van der Waals surface area contributed by atoms with Crippen LogP contribution in [0.25, 0.3) is 10.2 Å². The van der Waals surface area contributed by atoms with Gasteiger partial charge in [-0.1, -0.05) is 0 Å². The van der Waals surface area contributed by atoms with Crippen molar-refractivity contribution in [3.8, 4) is 0 Å². The highest BCUT2D eigenvalue weighted by molar-refractivity contribution is 7.18. The number of amides is 1. The summed E-state index contributed by atoms with van der Waals surface area (Å²) in [5.41, 5.74) is 1.79. The molecule has 1 aromatic heterocycles. The van der Waals surface area contributed by atoms with Gasteiger partial charge in [0, 0.05) is 31.3 Å². The Hall–Kier alpha value is -1.50. The average molecular weight is 414 g/mol. The predicted octanol–water partition coefficient (Wildman–Crippen LogP) is 3.81. The van der Waals surface area contributed by atoms with Gasteiger partial charge < -0.3 is 14.5 Å². The number of benzene rings is 1. The molecular formula is C23H31N3O2S. The number of aryl methyl sites for hydroxylation is 1. The molecule has 2 aliphatic carbocycles. The van der Waals surface area contributed by atoms with Crippen molar-refractivity contribution in [1.82, 2.24) is 14.8 Å². The summed E-state index contributed by atoms with van der Waals surface area (Å²) < 4.78 is 7.47. The molecule has 1 amide bonds. The second-order valence-corrected chi connectivity index (χ2v) is 10.7. The lowest BCUT2D eigenvalue weighted by molar-refractivity contribution is -0.0493. The molecule has 5 rings (SSSR count). The first-order chi connectivity index (χ1) is 14.0. The van der Waals surface area contributed by atoms with Gasteiger partial charge in [0.25, 0.3) is 5.91 Å². The molecular weight excluding hydrogens is 382 g/mol. The maximum Gasteiger partial charge on any atom is 0.253 e. The fourth-order valence-electron chi connectivity index (χ4n) is 5.18. The number of nitrogens with zero attached hydrogens (tertiary/aromatic N) is 3. The van der Waals surface area contributed by atoms with Gasteiger partial charge in [-0.3, -0.25) is 4.79 Å². The van der Waals surface area contributed by atoms with Gasteiger partial charge in [-0.15, -0.1) is 11.3 Å². The van der Waals surface area contributed by atoms with Gasteiger partial charge in [-0.2, -0.15) is 0 Å². The number of thiazole rings is 1. The molecule has 0 bridgehead atoms. The monoisotopic (exact) mass is 413 g/mol. The second-order valence-electron chi connectivity index (χ2n) is 9.46. The van der Waals surface area contributed by atoms with Crippen LogP contribution in [0.3, 0.4) is 0 Å². The zero-order valence-electron chi connectivity index (χ0n) is 17.6. The Morgan fingerprint density at radius 2 is 2.00 bits per heavy atom. The van der Waals surface area contributed by atoms with E-state index in [1.54, 1.807) is 11.3 Å². The Labute approximate surface area is 177 Å². The summed E-state index contributed by atoms with van der Waals surface area (Å²) in [5, 5.41) is 1.05. The van der Waals surface area contributed by atoms with Gasteiger partial charge in [0.05, 0.1) is 21.3 Å². The van der Waals surface area contributed by atoms with E-state index in [-0.39, 0.29) is 5.91 Å². The minimum absolute atomic E-state index is 0.171. The van der Waals surface area contributed by atoms with E-state index < -0.39 is 0 Å². The number of carbonyl (C=O) groups excluding carboxylic acids is 1. The van der Waals surface area contributed by atoms with E-state index >= 15 is 0 Å². The first-order valence-corrected chi connectivity index (χ1v) is 11.7. The summed E-state index contributed by atoms with van der Waals surface area (Å²) in [6, 6.07) is 6.41. The molecule has 4 atom stereocenters. The molecule has 2 heterocycles. The molecule has 0 unspecified atom stereocenters. The van der Waals surface area contributed by atoms with Crippen LogP contribution in [0.4, 0.5) is 0 Å². The Morgan fingerprint density at radius 1 is 1.24 bits per heavy atom. The maximum absolute atomic E-state index is 13.2. The van der Waals surface area contributed by atoms with E-state index in [1.165, 1.54) is 12.8 Å². The van der Waals surface area contributed by atoms with Crippen molar-refractivity contribution in [1.29, 1.82) is 0 Å². The van der Waals surface area contributed by atoms with E-state index in [2.05, 4.69) is 28.9 Å². The molecule has 2 saturated carbocycles. The van der Waals surface area contributed by atoms with E-state index in [4.69, 9.17) is 4.74 Å². The smallest absolute Gasteiger partial charge is 0.253 e. The fourth-order valence-corrected chi connectivity index (χ4v) is 6.04. The number of ether oxygens (including phenoxy) is 1. The van der Waals surface area contributed by atoms with Crippen molar-refractivity contribution < 1.29 is 9.53 Å². The highest BCUT2D eigenvalue weighted by atomic mass is 32.1. The van der Waals surface area contributed by atoms with Crippen LogP contribution in [-0.2, 0) is 4.74 Å². The largest absolute Gasteiger partial charge is 0.376 e. The number of fused-ring (bicyclic) bond motifs is 2. The summed E-state index contributed by atoms with van der Waals surface area (Å²) in [7, 11) is 4.34. The fraction of sp³-hybridized carbons (Fsp3) is 0.652. The molecule has 156 valence electrons. The van der Waals surface area contributed by atoms with Crippen molar-refractivity contribution in [2.24, 2.45) is 17.8 Å². The van der Waals surface area contributed by atoms with Crippen LogP contribution in [0.2, 0.25) is 0 Å². The minimum atomic E-state index is 0.171. The Bertz CT molecular complexity index is 907. The first-order valence-electron chi connectivity index (χ1n) is 10.9. The third kappa shape index (κ3) is 3.94. The third-order valence-electron chi connectivity index (χ3n) is 7.02. The van der Waals surface area contributed by atoms with Crippen LogP contribution in [0.15, 0.2) is 18.2 Å². The summed E-state index contributed by atoms with van der Waals surface area (Å²) in [5.74, 6) is 2.11. The van der Waals surface area contributed by atoms with Gasteiger partial charge in [-0.05, 0) is 82.7 Å². The summed E-state index contributed by atoms with van der Waals surface area (Å²) in [6.45, 7) is 4.68. The molecule has 5 nitrogen and oxygen atoms in total. The Balaban J connectivity index is 1.29. The average Bonchev–Trinajstić information content (AvgIpc) is 3.31. The van der Waals surface area contributed by atoms with E-state index in [0.717, 1.165) is 59.2 Å². The van der Waals surface area contributed by atoms with Gasteiger partial charge in [-0.25, -0.2) is 4.98 Å². The van der Waals surface area contributed by atoms with E-state index in [0.29, 0.717) is 24.0 Å². The zero-order chi connectivity index (χ0) is 20.1. The molecule has 0 spiro atoms. The summed E-state index contributed by atoms with van der Waals surface area (Å²) >= 11 is 1.66. The van der Waals surface area contributed by atoms with Crippen molar-refractivity contribution in [3.63, 3.8) is 0 Å². The highest BCUT2D eigenvalue weighted by Gasteiger charge is 2.45. The zero-order valence-corrected chi connectivity index (χ0v) is 18.5. The van der Waals surface area contributed by atoms with Gasteiger partial charge in [0.1, 0.15) is 0 Å². The predicted molar refractivity (Wildman–Crippen MR) is 116 cm³/mol. The number of likely N-dealkylation sites (N-methyl/N-ethyl adjacent to an activating group) is 1. The number of aromatic nitrogens is 1. The van der Waals surface area contributed by atoms with Gasteiger partial charge in [0.2, 0.25) is 0 Å². The molecule has 6 heteroatoms. The number of likely N-dealkylation sites (tertiary alicyclic amines) is 1. The Morgan fingerprint density at radius 3 is 2.72 bits per heavy atom. The number of carbonyl (C=O) groups is 1. The lowest BCUT2D eigenvalue weighted by atomic mass is 9.77. The van der Waals surface area contributed by atoms with Crippen LogP contribution in [0.1, 0.15) is 41.0 Å². The van der Waals surface area contributed by atoms with Crippen molar-refractivity contribution in [2.75, 3.05) is 33.8 Å². The standard InChI is InChI=1S/C23H31N3O2S/c1-14-24-19-7-6-16(10-22(19)29-14)23(27)26-11-17-8-20(25(2)3)21(9-18(17)12-26)28-13-15-4-5-15/h6-7,10,15,17-18,20-21H,4-5,8-9,11-13H2,1-3H3/t17-,18+,20-,21-/m1/s1. The van der Waals surface area contributed by atoms with Crippen molar-refractivity contribution in [3.05, 3.63) is 28.8 Å². The second kappa shape index (κ2) is 7.64. The van der Waals surface area contributed by atoms with Crippen LogP contribution in [0, 0.1) is 24.7 Å². The molecule has 0 N–H and O–H groups in total. The molecule has 1 aliphatic heterocycles. The molecule has 1 saturated heterocycles. The van der Waals surface area contributed by atoms with Gasteiger partial charge in [0.15, 0.2) is 0 Å². The van der Waals surface area contributed by atoms with Crippen molar-refractivity contribution >= 4 is 27.5 Å². The first kappa shape index (κ1) is 19.5. The summed E-state index contributed by atoms with van der Waals surface area (Å²) in [6.07, 6.45) is 5.17. The molecule has 3 aliphatic rings. The van der Waals surface area contributed by atoms with Crippen LogP contribution >= 0.6 is 11.3 Å². The van der Waals surface area contributed by atoms with Crippen LogP contribution in [0.5, 0.6) is 0 Å². The quantitative estimate of drug-likeness (QED) is 0.748. The SMILES string of the molecule is Cc1nc2ccc(C(=O)N3C[C@H]4C[C@@H](N(C)C)[C@H](OCC5CC5)C[C@H]4C3)cc2s1. The Kier molecular flexibility index (Phi) is 5.13. The van der Waals surface area contributed by atoms with Gasteiger partial charge >= 0.3 is 0 Å². The van der Waals surface area contributed by atoms with Crippen LogP contribution < -0.4 is 0 Å². The molecule has 2 aromatic rings. The van der Waals surface area contributed by atoms with Crippen LogP contribution in [-0.4, -0.2) is 66.6 Å². The topological polar surface area (TPSA) is 45.7 Å². The van der Waals surface area contributed by atoms with E-state index in [1.807, 2.05) is 25.1 Å². The van der Waals surface area contributed by atoms with Crippen molar-refractivity contribution in [2.45, 2.75) is 44.8 Å². The number of hydrogen-bond donors (Lipinski definition) is 0. The molecule has 0 radical (unpaired) electrons. The lowest BCUT2D eigenvalue weighted by Gasteiger charge is -2.41. The molecule has 1 aromatic carbocycles. The van der Waals surface area contributed by atoms with E-state index in [9.17, 15) is 4.79 Å². The lowest BCUT2D eigenvalue weighted by Crippen LogP contribution is -2.48. The highest BCUT2D eigenvalue weighted by Crippen LogP contribution is 2.40. The normalized spacial score (nSPS) is 29.6. The number of rotatable bonds is 5.